The third-order valence-corrected chi connectivity index (χ3v) is 4.02. The quantitative estimate of drug-likeness (QED) is 0.511. The predicted octanol–water partition coefficient (Wildman–Crippen LogP) is 5.02. The van der Waals surface area contributed by atoms with Gasteiger partial charge in [0.25, 0.3) is 0 Å². The van der Waals surface area contributed by atoms with Crippen LogP contribution in [0.4, 0.5) is 0 Å². The van der Waals surface area contributed by atoms with Crippen molar-refractivity contribution in [3.8, 4) is 0 Å². The van der Waals surface area contributed by atoms with Crippen LogP contribution in [-0.4, -0.2) is 0 Å². The maximum absolute atomic E-state index is 5.99. The minimum atomic E-state index is 0.812. The molecule has 1 aromatic heterocycles. The van der Waals surface area contributed by atoms with E-state index in [0.717, 1.165) is 5.02 Å². The zero-order valence-corrected chi connectivity index (χ0v) is 9.82. The lowest BCUT2D eigenvalue weighted by atomic mass is 10.1. The van der Waals surface area contributed by atoms with Gasteiger partial charge < -0.3 is 0 Å². The van der Waals surface area contributed by atoms with Crippen LogP contribution in [0.15, 0.2) is 36.4 Å². The Kier molecular flexibility index (Phi) is 1.98. The largest absolute Gasteiger partial charge is 0.135 e. The molecule has 0 fully saturated rings. The van der Waals surface area contributed by atoms with Crippen LogP contribution in [-0.2, 0) is 0 Å². The first-order valence-electron chi connectivity index (χ1n) is 4.83. The number of aryl methyl sites for hydroxylation is 1. The Morgan fingerprint density at radius 3 is 2.80 bits per heavy atom. The summed E-state index contributed by atoms with van der Waals surface area (Å²) in [6, 6.07) is 12.5. The number of benzene rings is 2. The molecule has 0 saturated heterocycles. The highest BCUT2D eigenvalue weighted by Crippen LogP contribution is 2.36. The SMILES string of the molecule is Cc1cccc2sc3cc(Cl)ccc3c12. The summed E-state index contributed by atoms with van der Waals surface area (Å²) in [5.41, 5.74) is 1.33. The van der Waals surface area contributed by atoms with Crippen molar-refractivity contribution in [2.75, 3.05) is 0 Å². The molecule has 3 rings (SSSR count). The van der Waals surface area contributed by atoms with Crippen molar-refractivity contribution in [2.24, 2.45) is 0 Å². The van der Waals surface area contributed by atoms with Crippen molar-refractivity contribution in [3.63, 3.8) is 0 Å². The first-order valence-corrected chi connectivity index (χ1v) is 6.02. The molecule has 0 amide bonds. The Morgan fingerprint density at radius 2 is 1.93 bits per heavy atom. The Bertz CT molecular complexity index is 652. The predicted molar refractivity (Wildman–Crippen MR) is 69.1 cm³/mol. The Morgan fingerprint density at radius 1 is 1.07 bits per heavy atom. The van der Waals surface area contributed by atoms with Gasteiger partial charge in [-0.1, -0.05) is 29.8 Å². The minimum Gasteiger partial charge on any atom is -0.135 e. The van der Waals surface area contributed by atoms with Crippen LogP contribution < -0.4 is 0 Å². The van der Waals surface area contributed by atoms with Gasteiger partial charge in [0, 0.05) is 25.2 Å². The number of halogens is 1. The molecule has 0 spiro atoms. The molecule has 1 heterocycles. The monoisotopic (exact) mass is 232 g/mol. The van der Waals surface area contributed by atoms with Crippen LogP contribution in [0.3, 0.4) is 0 Å². The fourth-order valence-electron chi connectivity index (χ4n) is 1.98. The lowest BCUT2D eigenvalue weighted by molar-refractivity contribution is 1.55. The lowest BCUT2D eigenvalue weighted by Gasteiger charge is -1.96. The van der Waals surface area contributed by atoms with E-state index in [-0.39, 0.29) is 0 Å². The van der Waals surface area contributed by atoms with E-state index in [1.807, 2.05) is 12.1 Å². The summed E-state index contributed by atoms with van der Waals surface area (Å²) in [6.45, 7) is 2.16. The molecule has 0 atom stereocenters. The number of thiophene rings is 1. The second kappa shape index (κ2) is 3.22. The van der Waals surface area contributed by atoms with Gasteiger partial charge in [0.05, 0.1) is 0 Å². The van der Waals surface area contributed by atoms with Crippen LogP contribution >= 0.6 is 22.9 Å². The molecule has 15 heavy (non-hydrogen) atoms. The number of hydrogen-bond donors (Lipinski definition) is 0. The van der Waals surface area contributed by atoms with E-state index in [4.69, 9.17) is 11.6 Å². The standard InChI is InChI=1S/C13H9ClS/c1-8-3-2-4-11-13(8)10-6-5-9(14)7-12(10)15-11/h2-7H,1H3. The average Bonchev–Trinajstić information content (AvgIpc) is 2.56. The molecule has 0 aliphatic heterocycles. The van der Waals surface area contributed by atoms with Crippen molar-refractivity contribution in [1.29, 1.82) is 0 Å². The highest BCUT2D eigenvalue weighted by molar-refractivity contribution is 7.25. The van der Waals surface area contributed by atoms with E-state index >= 15 is 0 Å². The van der Waals surface area contributed by atoms with Crippen molar-refractivity contribution < 1.29 is 0 Å². The molecule has 0 unspecified atom stereocenters. The molecule has 0 saturated carbocycles. The van der Waals surface area contributed by atoms with Gasteiger partial charge in [0.1, 0.15) is 0 Å². The van der Waals surface area contributed by atoms with E-state index in [1.165, 1.54) is 25.7 Å². The van der Waals surface area contributed by atoms with E-state index < -0.39 is 0 Å². The normalized spacial score (nSPS) is 11.3. The average molecular weight is 233 g/mol. The van der Waals surface area contributed by atoms with Crippen molar-refractivity contribution in [3.05, 3.63) is 47.0 Å². The molecule has 0 radical (unpaired) electrons. The molecule has 0 bridgehead atoms. The molecule has 0 aliphatic rings. The van der Waals surface area contributed by atoms with Crippen molar-refractivity contribution in [1.82, 2.24) is 0 Å². The zero-order valence-electron chi connectivity index (χ0n) is 8.25. The lowest BCUT2D eigenvalue weighted by Crippen LogP contribution is -1.72. The van der Waals surface area contributed by atoms with Gasteiger partial charge in [-0.3, -0.25) is 0 Å². The fraction of sp³-hybridized carbons (Fsp3) is 0.0769. The van der Waals surface area contributed by atoms with Gasteiger partial charge in [-0.15, -0.1) is 11.3 Å². The van der Waals surface area contributed by atoms with Crippen LogP contribution in [0.1, 0.15) is 5.56 Å². The van der Waals surface area contributed by atoms with Gasteiger partial charge in [-0.2, -0.15) is 0 Å². The number of rotatable bonds is 0. The summed E-state index contributed by atoms with van der Waals surface area (Å²) in [5.74, 6) is 0. The van der Waals surface area contributed by atoms with E-state index in [0.29, 0.717) is 0 Å². The summed E-state index contributed by atoms with van der Waals surface area (Å²) >= 11 is 7.80. The van der Waals surface area contributed by atoms with Gasteiger partial charge in [-0.05, 0) is 30.7 Å². The fourth-order valence-corrected chi connectivity index (χ4v) is 3.44. The topological polar surface area (TPSA) is 0 Å². The first-order chi connectivity index (χ1) is 7.25. The molecular formula is C13H9ClS. The molecule has 3 aromatic rings. The Labute approximate surface area is 97.1 Å². The van der Waals surface area contributed by atoms with Crippen LogP contribution in [0, 0.1) is 6.92 Å². The molecule has 2 aromatic carbocycles. The maximum atomic E-state index is 5.99. The van der Waals surface area contributed by atoms with E-state index in [2.05, 4.69) is 31.2 Å². The molecule has 0 nitrogen and oxygen atoms in total. The molecule has 0 aliphatic carbocycles. The van der Waals surface area contributed by atoms with E-state index in [9.17, 15) is 0 Å². The van der Waals surface area contributed by atoms with Crippen molar-refractivity contribution in [2.45, 2.75) is 6.92 Å². The van der Waals surface area contributed by atoms with Crippen molar-refractivity contribution >= 4 is 43.1 Å². The highest BCUT2D eigenvalue weighted by Gasteiger charge is 2.06. The Balaban J connectivity index is 2.59. The highest BCUT2D eigenvalue weighted by atomic mass is 35.5. The summed E-state index contributed by atoms with van der Waals surface area (Å²) in [4.78, 5) is 0. The zero-order chi connectivity index (χ0) is 10.4. The van der Waals surface area contributed by atoms with Gasteiger partial charge in [0.15, 0.2) is 0 Å². The summed E-state index contributed by atoms with van der Waals surface area (Å²) in [6.07, 6.45) is 0. The smallest absolute Gasteiger partial charge is 0.0420 e. The van der Waals surface area contributed by atoms with E-state index in [1.54, 1.807) is 11.3 Å². The van der Waals surface area contributed by atoms with Crippen LogP contribution in [0.2, 0.25) is 5.02 Å². The van der Waals surface area contributed by atoms with Gasteiger partial charge in [-0.25, -0.2) is 0 Å². The molecule has 0 N–H and O–H groups in total. The van der Waals surface area contributed by atoms with Crippen LogP contribution in [0.25, 0.3) is 20.2 Å². The minimum absolute atomic E-state index is 0.812. The number of hydrogen-bond acceptors (Lipinski definition) is 1. The summed E-state index contributed by atoms with van der Waals surface area (Å²) in [5, 5.41) is 3.50. The summed E-state index contributed by atoms with van der Waals surface area (Å²) < 4.78 is 2.61. The second-order valence-corrected chi connectivity index (χ2v) is 5.21. The Hall–Kier alpha value is -1.05. The third kappa shape index (κ3) is 1.35. The number of fused-ring (bicyclic) bond motifs is 3. The third-order valence-electron chi connectivity index (χ3n) is 2.67. The molecular weight excluding hydrogens is 224 g/mol. The second-order valence-electron chi connectivity index (χ2n) is 3.69. The maximum Gasteiger partial charge on any atom is 0.0420 e. The molecule has 74 valence electrons. The van der Waals surface area contributed by atoms with Gasteiger partial charge >= 0.3 is 0 Å². The first kappa shape index (κ1) is 9.20. The molecule has 2 heteroatoms. The summed E-state index contributed by atoms with van der Waals surface area (Å²) in [7, 11) is 0. The van der Waals surface area contributed by atoms with Gasteiger partial charge in [0.2, 0.25) is 0 Å². The van der Waals surface area contributed by atoms with Crippen LogP contribution in [0.5, 0.6) is 0 Å².